The molecule has 1 aliphatic rings. The summed E-state index contributed by atoms with van der Waals surface area (Å²) < 4.78 is 0. The van der Waals surface area contributed by atoms with Gasteiger partial charge in [0.25, 0.3) is 0 Å². The first-order valence-electron chi connectivity index (χ1n) is 7.26. The Morgan fingerprint density at radius 2 is 1.68 bits per heavy atom. The van der Waals surface area contributed by atoms with Crippen LogP contribution in [0.15, 0.2) is 0 Å². The van der Waals surface area contributed by atoms with E-state index in [1.165, 1.54) is 6.42 Å². The second kappa shape index (κ2) is 6.40. The number of rotatable bonds is 3. The maximum atomic E-state index is 12.1. The molecule has 4 nitrogen and oxygen atoms in total. The highest BCUT2D eigenvalue weighted by Crippen LogP contribution is 2.21. The van der Waals surface area contributed by atoms with Gasteiger partial charge in [-0.25, -0.2) is 0 Å². The first-order valence-corrected chi connectivity index (χ1v) is 7.26. The van der Waals surface area contributed by atoms with Crippen LogP contribution in [0.4, 0.5) is 0 Å². The molecule has 1 saturated heterocycles. The molecule has 110 valence electrons. The van der Waals surface area contributed by atoms with E-state index in [1.807, 2.05) is 25.7 Å². The van der Waals surface area contributed by atoms with Crippen molar-refractivity contribution in [2.24, 2.45) is 17.3 Å². The van der Waals surface area contributed by atoms with Gasteiger partial charge in [0.05, 0.1) is 0 Å². The van der Waals surface area contributed by atoms with Gasteiger partial charge in [-0.05, 0) is 18.3 Å². The summed E-state index contributed by atoms with van der Waals surface area (Å²) in [6.45, 7) is 12.2. The summed E-state index contributed by atoms with van der Waals surface area (Å²) in [5.74, 6) is 1.32. The lowest BCUT2D eigenvalue weighted by Crippen LogP contribution is -2.44. The molecule has 1 heterocycles. The zero-order valence-electron chi connectivity index (χ0n) is 13.0. The van der Waals surface area contributed by atoms with Crippen molar-refractivity contribution in [2.75, 3.05) is 19.6 Å². The van der Waals surface area contributed by atoms with Crippen LogP contribution in [-0.2, 0) is 9.59 Å². The fourth-order valence-electron chi connectivity index (χ4n) is 2.57. The molecule has 2 unspecified atom stereocenters. The summed E-state index contributed by atoms with van der Waals surface area (Å²) >= 11 is 0. The summed E-state index contributed by atoms with van der Waals surface area (Å²) in [5, 5.41) is 2.83. The zero-order valence-corrected chi connectivity index (χ0v) is 13.0. The largest absolute Gasteiger partial charge is 0.355 e. The molecule has 0 saturated carbocycles. The fourth-order valence-corrected chi connectivity index (χ4v) is 2.57. The smallest absolute Gasteiger partial charge is 0.225 e. The number of carbonyl (C=O) groups is 2. The number of amides is 2. The fraction of sp³-hybridized carbons (Fsp3) is 0.867. The minimum atomic E-state index is -0.392. The average molecular weight is 268 g/mol. The van der Waals surface area contributed by atoms with Gasteiger partial charge in [-0.3, -0.25) is 9.59 Å². The van der Waals surface area contributed by atoms with E-state index < -0.39 is 5.41 Å². The van der Waals surface area contributed by atoms with Crippen molar-refractivity contribution >= 4 is 11.8 Å². The van der Waals surface area contributed by atoms with Crippen LogP contribution in [0.3, 0.4) is 0 Å². The predicted octanol–water partition coefficient (Wildman–Crippen LogP) is 2.04. The lowest BCUT2D eigenvalue weighted by Gasteiger charge is -2.35. The second-order valence-electron chi connectivity index (χ2n) is 7.00. The lowest BCUT2D eigenvalue weighted by atomic mass is 9.92. The van der Waals surface area contributed by atoms with Gasteiger partial charge in [-0.1, -0.05) is 34.6 Å². The molecule has 0 aromatic heterocycles. The number of carbonyl (C=O) groups excluding carboxylic acids is 2. The van der Waals surface area contributed by atoms with Crippen molar-refractivity contribution in [1.82, 2.24) is 10.2 Å². The van der Waals surface area contributed by atoms with E-state index in [9.17, 15) is 9.59 Å². The highest BCUT2D eigenvalue weighted by Gasteiger charge is 2.25. The van der Waals surface area contributed by atoms with Gasteiger partial charge in [-0.15, -0.1) is 0 Å². The van der Waals surface area contributed by atoms with Crippen LogP contribution >= 0.6 is 0 Å². The van der Waals surface area contributed by atoms with Crippen molar-refractivity contribution in [3.8, 4) is 0 Å². The van der Waals surface area contributed by atoms with Gasteiger partial charge >= 0.3 is 0 Å². The van der Waals surface area contributed by atoms with Gasteiger partial charge in [0, 0.05) is 31.5 Å². The van der Waals surface area contributed by atoms with Crippen molar-refractivity contribution in [2.45, 2.75) is 47.5 Å². The molecular formula is C15H28N2O2. The van der Waals surface area contributed by atoms with E-state index in [2.05, 4.69) is 19.2 Å². The SMILES string of the molecule is CC1CC(C)CN(C(=O)CCNC(=O)C(C)(C)C)C1. The van der Waals surface area contributed by atoms with Gasteiger partial charge < -0.3 is 10.2 Å². The van der Waals surface area contributed by atoms with E-state index >= 15 is 0 Å². The summed E-state index contributed by atoms with van der Waals surface area (Å²) in [7, 11) is 0. The molecule has 0 bridgehead atoms. The molecule has 0 aromatic carbocycles. The number of hydrogen-bond donors (Lipinski definition) is 1. The monoisotopic (exact) mass is 268 g/mol. The molecule has 1 N–H and O–H groups in total. The molecule has 2 amide bonds. The minimum Gasteiger partial charge on any atom is -0.355 e. The van der Waals surface area contributed by atoms with E-state index in [4.69, 9.17) is 0 Å². The summed E-state index contributed by atoms with van der Waals surface area (Å²) in [6, 6.07) is 0. The molecule has 0 spiro atoms. The maximum absolute atomic E-state index is 12.1. The predicted molar refractivity (Wildman–Crippen MR) is 76.6 cm³/mol. The van der Waals surface area contributed by atoms with Crippen LogP contribution in [0.5, 0.6) is 0 Å². The van der Waals surface area contributed by atoms with Gasteiger partial charge in [0.2, 0.25) is 11.8 Å². The Bertz CT molecular complexity index is 324. The van der Waals surface area contributed by atoms with Gasteiger partial charge in [0.15, 0.2) is 0 Å². The maximum Gasteiger partial charge on any atom is 0.225 e. The van der Waals surface area contributed by atoms with Crippen molar-refractivity contribution in [3.63, 3.8) is 0 Å². The van der Waals surface area contributed by atoms with Crippen molar-refractivity contribution in [1.29, 1.82) is 0 Å². The van der Waals surface area contributed by atoms with E-state index in [1.54, 1.807) is 0 Å². The van der Waals surface area contributed by atoms with Crippen LogP contribution in [-0.4, -0.2) is 36.3 Å². The third-order valence-corrected chi connectivity index (χ3v) is 3.53. The first kappa shape index (κ1) is 16.0. The molecule has 1 rings (SSSR count). The standard InChI is InChI=1S/C15H28N2O2/c1-11-8-12(2)10-17(9-11)13(18)6-7-16-14(19)15(3,4)5/h11-12H,6-10H2,1-5H3,(H,16,19). The Morgan fingerprint density at radius 3 is 2.16 bits per heavy atom. The van der Waals surface area contributed by atoms with Gasteiger partial charge in [-0.2, -0.15) is 0 Å². The summed E-state index contributed by atoms with van der Waals surface area (Å²) in [6.07, 6.45) is 1.60. The Morgan fingerprint density at radius 1 is 1.16 bits per heavy atom. The van der Waals surface area contributed by atoms with Crippen LogP contribution in [0.1, 0.15) is 47.5 Å². The molecule has 2 atom stereocenters. The highest BCUT2D eigenvalue weighted by molar-refractivity contribution is 5.82. The van der Waals surface area contributed by atoms with Crippen LogP contribution in [0.25, 0.3) is 0 Å². The topological polar surface area (TPSA) is 49.4 Å². The normalized spacial score (nSPS) is 24.2. The Hall–Kier alpha value is -1.06. The van der Waals surface area contributed by atoms with Crippen LogP contribution < -0.4 is 5.32 Å². The Kier molecular flexibility index (Phi) is 5.39. The van der Waals surface area contributed by atoms with Gasteiger partial charge in [0.1, 0.15) is 0 Å². The molecule has 1 aliphatic heterocycles. The molecule has 0 aromatic rings. The highest BCUT2D eigenvalue weighted by atomic mass is 16.2. The van der Waals surface area contributed by atoms with E-state index in [0.29, 0.717) is 24.8 Å². The number of nitrogens with one attached hydrogen (secondary N) is 1. The lowest BCUT2D eigenvalue weighted by molar-refractivity contribution is -0.134. The van der Waals surface area contributed by atoms with Crippen molar-refractivity contribution in [3.05, 3.63) is 0 Å². The Labute approximate surface area is 116 Å². The zero-order chi connectivity index (χ0) is 14.6. The quantitative estimate of drug-likeness (QED) is 0.851. The molecule has 1 fully saturated rings. The Balaban J connectivity index is 2.33. The first-order chi connectivity index (χ1) is 8.70. The summed E-state index contributed by atoms with van der Waals surface area (Å²) in [5.41, 5.74) is -0.392. The summed E-state index contributed by atoms with van der Waals surface area (Å²) in [4.78, 5) is 25.7. The second-order valence-corrected chi connectivity index (χ2v) is 7.00. The molecule has 19 heavy (non-hydrogen) atoms. The number of hydrogen-bond acceptors (Lipinski definition) is 2. The van der Waals surface area contributed by atoms with E-state index in [0.717, 1.165) is 13.1 Å². The van der Waals surface area contributed by atoms with Crippen LogP contribution in [0.2, 0.25) is 0 Å². The van der Waals surface area contributed by atoms with Crippen LogP contribution in [0, 0.1) is 17.3 Å². The minimum absolute atomic E-state index is 0.000630. The number of likely N-dealkylation sites (tertiary alicyclic amines) is 1. The average Bonchev–Trinajstić information content (AvgIpc) is 2.26. The third-order valence-electron chi connectivity index (χ3n) is 3.53. The van der Waals surface area contributed by atoms with E-state index in [-0.39, 0.29) is 11.8 Å². The molecule has 0 aliphatic carbocycles. The molecular weight excluding hydrogens is 240 g/mol. The van der Waals surface area contributed by atoms with Crippen molar-refractivity contribution < 1.29 is 9.59 Å². The third kappa shape index (κ3) is 5.21. The molecule has 0 radical (unpaired) electrons. The number of piperidine rings is 1. The number of nitrogens with zero attached hydrogens (tertiary/aromatic N) is 1. The molecule has 4 heteroatoms.